The summed E-state index contributed by atoms with van der Waals surface area (Å²) in [5, 5.41) is 18.0. The van der Waals surface area contributed by atoms with Gasteiger partial charge < -0.3 is 15.1 Å². The number of carboxylic acid groups (broad SMARTS) is 2. The van der Waals surface area contributed by atoms with Gasteiger partial charge in [0.15, 0.2) is 5.60 Å². The predicted octanol–water partition coefficient (Wildman–Crippen LogP) is 1.32. The van der Waals surface area contributed by atoms with Crippen molar-refractivity contribution in [1.29, 1.82) is 0 Å². The summed E-state index contributed by atoms with van der Waals surface area (Å²) < 4.78 is 15.6. The summed E-state index contributed by atoms with van der Waals surface area (Å²) in [7, 11) is -3.53. The van der Waals surface area contributed by atoms with E-state index in [1.165, 1.54) is 0 Å². The van der Waals surface area contributed by atoms with Crippen LogP contribution in [0.2, 0.25) is 0 Å². The molecule has 2 unspecified atom stereocenters. The van der Waals surface area contributed by atoms with E-state index in [1.807, 2.05) is 0 Å². The van der Waals surface area contributed by atoms with Crippen LogP contribution in [0.5, 0.6) is 0 Å². The van der Waals surface area contributed by atoms with Gasteiger partial charge in [-0.1, -0.05) is 30.3 Å². The molecule has 8 heteroatoms. The third-order valence-corrected chi connectivity index (χ3v) is 3.31. The van der Waals surface area contributed by atoms with Gasteiger partial charge in [0.1, 0.15) is 0 Å². The molecule has 0 aromatic heterocycles. The fraction of sp³-hybridized carbons (Fsp3) is 0.333. The van der Waals surface area contributed by atoms with Crippen molar-refractivity contribution < 1.29 is 33.8 Å². The van der Waals surface area contributed by atoms with Crippen LogP contribution in [0.3, 0.4) is 0 Å². The molecule has 7 nitrogen and oxygen atoms in total. The smallest absolute Gasteiger partial charge is 0.336 e. The second-order valence-electron chi connectivity index (χ2n) is 4.22. The molecule has 0 aliphatic heterocycles. The summed E-state index contributed by atoms with van der Waals surface area (Å²) in [5.41, 5.74) is -1.45. The molecule has 0 radical (unpaired) electrons. The van der Waals surface area contributed by atoms with Crippen LogP contribution in [0.25, 0.3) is 0 Å². The van der Waals surface area contributed by atoms with E-state index in [2.05, 4.69) is 0 Å². The molecule has 0 saturated heterocycles. The average molecular weight is 302 g/mol. The Bertz CT molecular complexity index is 502. The molecule has 0 amide bonds. The zero-order chi connectivity index (χ0) is 15.2. The van der Waals surface area contributed by atoms with Gasteiger partial charge in [-0.05, 0) is 12.0 Å². The normalized spacial score (nSPS) is 15.2. The number of carbonyl (C=O) groups is 2. The van der Waals surface area contributed by atoms with Gasteiger partial charge in [0, 0.05) is 12.8 Å². The molecule has 1 rings (SSSR count). The van der Waals surface area contributed by atoms with Gasteiger partial charge in [-0.25, -0.2) is 4.79 Å². The maximum Gasteiger partial charge on any atom is 0.336 e. The van der Waals surface area contributed by atoms with Gasteiger partial charge in [0.2, 0.25) is 0 Å². The first-order chi connectivity index (χ1) is 9.35. The summed E-state index contributed by atoms with van der Waals surface area (Å²) in [6.07, 6.45) is -1.06. The van der Waals surface area contributed by atoms with Crippen molar-refractivity contribution in [2.75, 3.05) is 0 Å². The number of aliphatic carboxylic acids is 2. The third kappa shape index (κ3) is 4.77. The Morgan fingerprint density at radius 3 is 2.25 bits per heavy atom. The first-order valence-electron chi connectivity index (χ1n) is 5.77. The van der Waals surface area contributed by atoms with Crippen LogP contribution < -0.4 is 0 Å². The fourth-order valence-electron chi connectivity index (χ4n) is 1.80. The predicted molar refractivity (Wildman–Crippen MR) is 69.7 cm³/mol. The monoisotopic (exact) mass is 302 g/mol. The number of benzene rings is 1. The Hall–Kier alpha value is -1.69. The Kier molecular flexibility index (Phi) is 5.88. The number of rotatable bonds is 8. The van der Waals surface area contributed by atoms with E-state index in [4.69, 9.17) is 14.5 Å². The van der Waals surface area contributed by atoms with Gasteiger partial charge in [-0.2, -0.15) is 0 Å². The molecule has 20 heavy (non-hydrogen) atoms. The highest BCUT2D eigenvalue weighted by Crippen LogP contribution is 2.33. The molecule has 0 fully saturated rings. The van der Waals surface area contributed by atoms with Crippen LogP contribution in [-0.2, 0) is 25.1 Å². The molecule has 1 aromatic rings. The minimum atomic E-state index is -3.53. The second kappa shape index (κ2) is 7.19. The second-order valence-corrected chi connectivity index (χ2v) is 4.96. The van der Waals surface area contributed by atoms with E-state index in [0.717, 1.165) is 0 Å². The minimum Gasteiger partial charge on any atom is -0.481 e. The molecule has 0 heterocycles. The van der Waals surface area contributed by atoms with E-state index in [9.17, 15) is 19.3 Å². The van der Waals surface area contributed by atoms with Gasteiger partial charge in [-0.15, -0.1) is 0 Å². The highest BCUT2D eigenvalue weighted by atomic mass is 31.1. The van der Waals surface area contributed by atoms with Gasteiger partial charge in [-0.3, -0.25) is 13.9 Å². The topological polar surface area (TPSA) is 121 Å². The van der Waals surface area contributed by atoms with Crippen LogP contribution in [0.15, 0.2) is 30.3 Å². The van der Waals surface area contributed by atoms with Crippen molar-refractivity contribution in [3.05, 3.63) is 35.9 Å². The lowest BCUT2D eigenvalue weighted by Crippen LogP contribution is -2.42. The molecule has 0 aliphatic rings. The van der Waals surface area contributed by atoms with Gasteiger partial charge >= 0.3 is 20.2 Å². The first kappa shape index (κ1) is 16.4. The van der Waals surface area contributed by atoms with Crippen LogP contribution in [0, 0.1) is 0 Å². The Balaban J connectivity index is 3.04. The lowest BCUT2D eigenvalue weighted by molar-refractivity contribution is -0.157. The maximum atomic E-state index is 11.4. The lowest BCUT2D eigenvalue weighted by atomic mass is 9.90. The quantitative estimate of drug-likeness (QED) is 0.619. The van der Waals surface area contributed by atoms with E-state index >= 15 is 0 Å². The summed E-state index contributed by atoms with van der Waals surface area (Å²) in [4.78, 5) is 30.9. The summed E-state index contributed by atoms with van der Waals surface area (Å²) in [6, 6.07) is 8.37. The van der Waals surface area contributed by atoms with E-state index < -0.39 is 38.6 Å². The Labute approximate surface area is 115 Å². The number of hydrogen-bond acceptors (Lipinski definition) is 4. The van der Waals surface area contributed by atoms with Crippen molar-refractivity contribution in [1.82, 2.24) is 0 Å². The molecular formula is C12H15O7P. The molecule has 0 spiro atoms. The lowest BCUT2D eigenvalue weighted by Gasteiger charge is -2.27. The van der Waals surface area contributed by atoms with Crippen LogP contribution in [0.4, 0.5) is 0 Å². The summed E-state index contributed by atoms with van der Waals surface area (Å²) in [6.45, 7) is 0. The van der Waals surface area contributed by atoms with E-state index in [1.54, 1.807) is 30.3 Å². The zero-order valence-corrected chi connectivity index (χ0v) is 11.5. The van der Waals surface area contributed by atoms with Gasteiger partial charge in [0.25, 0.3) is 0 Å². The van der Waals surface area contributed by atoms with E-state index in [-0.39, 0.29) is 6.42 Å². The van der Waals surface area contributed by atoms with Crippen molar-refractivity contribution >= 4 is 20.2 Å². The molecule has 0 bridgehead atoms. The molecule has 0 aliphatic carbocycles. The molecule has 1 aromatic carbocycles. The summed E-state index contributed by atoms with van der Waals surface area (Å²) in [5.74, 6) is -2.67. The van der Waals surface area contributed by atoms with Crippen LogP contribution >= 0.6 is 8.25 Å². The highest BCUT2D eigenvalue weighted by molar-refractivity contribution is 7.32. The average Bonchev–Trinajstić information content (AvgIpc) is 2.36. The van der Waals surface area contributed by atoms with Crippen molar-refractivity contribution in [3.8, 4) is 0 Å². The minimum absolute atomic E-state index is 0.187. The Morgan fingerprint density at radius 1 is 1.20 bits per heavy atom. The SMILES string of the molecule is O=C(O)CCC(Cc1ccccc1)(O[PH](=O)O)C(=O)O. The molecule has 110 valence electrons. The highest BCUT2D eigenvalue weighted by Gasteiger charge is 2.41. The van der Waals surface area contributed by atoms with E-state index in [0.29, 0.717) is 5.56 Å². The zero-order valence-electron chi connectivity index (χ0n) is 10.5. The molecular weight excluding hydrogens is 287 g/mol. The Morgan fingerprint density at radius 2 is 1.80 bits per heavy atom. The summed E-state index contributed by atoms with van der Waals surface area (Å²) >= 11 is 0. The molecule has 3 N–H and O–H groups in total. The largest absolute Gasteiger partial charge is 0.481 e. The number of carboxylic acids is 2. The van der Waals surface area contributed by atoms with Crippen molar-refractivity contribution in [2.45, 2.75) is 24.9 Å². The van der Waals surface area contributed by atoms with Gasteiger partial charge in [0.05, 0.1) is 0 Å². The number of hydrogen-bond donors (Lipinski definition) is 3. The standard InChI is InChI=1S/C12H15O7P/c13-10(14)6-7-12(11(15)16,19-20(17)18)8-9-4-2-1-3-5-9/h1-5,20H,6-8H2,(H,13,14)(H,15,16)(H,17,18). The van der Waals surface area contributed by atoms with Crippen molar-refractivity contribution in [3.63, 3.8) is 0 Å². The van der Waals surface area contributed by atoms with Crippen molar-refractivity contribution in [2.24, 2.45) is 0 Å². The maximum absolute atomic E-state index is 11.4. The third-order valence-electron chi connectivity index (χ3n) is 2.75. The first-order valence-corrected chi connectivity index (χ1v) is 7.03. The molecule has 0 saturated carbocycles. The fourth-order valence-corrected chi connectivity index (χ4v) is 2.40. The van der Waals surface area contributed by atoms with Crippen LogP contribution in [-0.4, -0.2) is 32.6 Å². The van der Waals surface area contributed by atoms with Crippen LogP contribution in [0.1, 0.15) is 18.4 Å². The molecule has 2 atom stereocenters.